The van der Waals surface area contributed by atoms with Crippen LogP contribution < -0.4 is 0 Å². The second kappa shape index (κ2) is 7.09. The molecule has 0 heterocycles. The Labute approximate surface area is 143 Å². The number of rotatable bonds is 5. The summed E-state index contributed by atoms with van der Waals surface area (Å²) < 4.78 is 6.07. The SMILES string of the molecule is O=C(Cc1ccc(Br)cc1)OCC(=O)c1ccc2c(c1)CCC2. The summed E-state index contributed by atoms with van der Waals surface area (Å²) in [6.07, 6.45) is 3.44. The second-order valence-electron chi connectivity index (χ2n) is 5.72. The first-order valence-corrected chi connectivity index (χ1v) is 8.46. The number of ether oxygens (including phenoxy) is 1. The molecular formula is C19H17BrO3. The predicted octanol–water partition coefficient (Wildman–Crippen LogP) is 3.91. The molecule has 0 radical (unpaired) electrons. The molecule has 0 aromatic heterocycles. The molecule has 23 heavy (non-hydrogen) atoms. The Morgan fingerprint density at radius 1 is 1.00 bits per heavy atom. The summed E-state index contributed by atoms with van der Waals surface area (Å²) in [5.74, 6) is -0.536. The average molecular weight is 373 g/mol. The van der Waals surface area contributed by atoms with Crippen molar-refractivity contribution in [1.29, 1.82) is 0 Å². The fourth-order valence-electron chi connectivity index (χ4n) is 2.79. The van der Waals surface area contributed by atoms with E-state index in [0.29, 0.717) is 5.56 Å². The third-order valence-corrected chi connectivity index (χ3v) is 4.58. The molecule has 1 aliphatic carbocycles. The number of carbonyl (C=O) groups is 2. The predicted molar refractivity (Wildman–Crippen MR) is 91.6 cm³/mol. The lowest BCUT2D eigenvalue weighted by Gasteiger charge is -2.06. The van der Waals surface area contributed by atoms with Crippen LogP contribution in [0.3, 0.4) is 0 Å². The Balaban J connectivity index is 1.54. The molecule has 1 aliphatic rings. The number of fused-ring (bicyclic) bond motifs is 1. The number of esters is 1. The lowest BCUT2D eigenvalue weighted by molar-refractivity contribution is -0.141. The highest BCUT2D eigenvalue weighted by atomic mass is 79.9. The largest absolute Gasteiger partial charge is 0.457 e. The Kier molecular flexibility index (Phi) is 4.91. The highest BCUT2D eigenvalue weighted by Gasteiger charge is 2.15. The summed E-state index contributed by atoms with van der Waals surface area (Å²) in [5.41, 5.74) is 4.07. The fraction of sp³-hybridized carbons (Fsp3) is 0.263. The zero-order valence-corrected chi connectivity index (χ0v) is 14.3. The lowest BCUT2D eigenvalue weighted by atomic mass is 10.0. The molecule has 2 aromatic carbocycles. The van der Waals surface area contributed by atoms with E-state index >= 15 is 0 Å². The Morgan fingerprint density at radius 3 is 2.52 bits per heavy atom. The molecule has 0 fully saturated rings. The Bertz CT molecular complexity index is 735. The summed E-state index contributed by atoms with van der Waals surface area (Å²) in [6.45, 7) is -0.200. The summed E-state index contributed by atoms with van der Waals surface area (Å²) in [5, 5.41) is 0. The smallest absolute Gasteiger partial charge is 0.310 e. The van der Waals surface area contributed by atoms with E-state index in [1.165, 1.54) is 11.1 Å². The first-order chi connectivity index (χ1) is 11.1. The molecule has 0 spiro atoms. The third-order valence-electron chi connectivity index (χ3n) is 4.05. The van der Waals surface area contributed by atoms with Gasteiger partial charge in [0.25, 0.3) is 0 Å². The van der Waals surface area contributed by atoms with Gasteiger partial charge in [-0.1, -0.05) is 40.2 Å². The van der Waals surface area contributed by atoms with Gasteiger partial charge in [-0.3, -0.25) is 9.59 Å². The van der Waals surface area contributed by atoms with Crippen LogP contribution in [0.2, 0.25) is 0 Å². The minimum Gasteiger partial charge on any atom is -0.457 e. The van der Waals surface area contributed by atoms with Crippen molar-refractivity contribution < 1.29 is 14.3 Å². The Hall–Kier alpha value is -1.94. The molecule has 0 amide bonds. The van der Waals surface area contributed by atoms with Crippen molar-refractivity contribution >= 4 is 27.7 Å². The number of Topliss-reactive ketones (excluding diaryl/α,β-unsaturated/α-hetero) is 1. The van der Waals surface area contributed by atoms with Crippen molar-refractivity contribution in [1.82, 2.24) is 0 Å². The number of ketones is 1. The highest BCUT2D eigenvalue weighted by molar-refractivity contribution is 9.10. The average Bonchev–Trinajstić information content (AvgIpc) is 3.02. The van der Waals surface area contributed by atoms with E-state index in [-0.39, 0.29) is 24.8 Å². The van der Waals surface area contributed by atoms with Gasteiger partial charge in [0, 0.05) is 10.0 Å². The van der Waals surface area contributed by atoms with Crippen LogP contribution in [0.15, 0.2) is 46.9 Å². The van der Waals surface area contributed by atoms with E-state index in [9.17, 15) is 9.59 Å². The number of aryl methyl sites for hydroxylation is 2. The normalized spacial score (nSPS) is 12.7. The van der Waals surface area contributed by atoms with Crippen molar-refractivity contribution in [3.05, 3.63) is 69.2 Å². The number of benzene rings is 2. The Morgan fingerprint density at radius 2 is 1.74 bits per heavy atom. The van der Waals surface area contributed by atoms with Crippen LogP contribution in [0.25, 0.3) is 0 Å². The van der Waals surface area contributed by atoms with Crippen molar-refractivity contribution in [3.8, 4) is 0 Å². The van der Waals surface area contributed by atoms with Crippen LogP contribution in [0.5, 0.6) is 0 Å². The first kappa shape index (κ1) is 15.9. The molecule has 0 unspecified atom stereocenters. The minimum atomic E-state index is -0.387. The minimum absolute atomic E-state index is 0.149. The first-order valence-electron chi connectivity index (χ1n) is 7.67. The summed E-state index contributed by atoms with van der Waals surface area (Å²) >= 11 is 3.35. The number of halogens is 1. The van der Waals surface area contributed by atoms with Crippen LogP contribution in [-0.2, 0) is 28.8 Å². The van der Waals surface area contributed by atoms with Gasteiger partial charge in [-0.15, -0.1) is 0 Å². The van der Waals surface area contributed by atoms with E-state index in [1.54, 1.807) is 0 Å². The van der Waals surface area contributed by atoms with Crippen molar-refractivity contribution in [2.75, 3.05) is 6.61 Å². The molecule has 0 atom stereocenters. The molecular weight excluding hydrogens is 356 g/mol. The summed E-state index contributed by atoms with van der Waals surface area (Å²) in [4.78, 5) is 24.0. The maximum Gasteiger partial charge on any atom is 0.310 e. The fourth-order valence-corrected chi connectivity index (χ4v) is 3.06. The van der Waals surface area contributed by atoms with Gasteiger partial charge in [0.2, 0.25) is 0 Å². The molecule has 4 heteroatoms. The van der Waals surface area contributed by atoms with Crippen LogP contribution in [0.1, 0.15) is 33.5 Å². The topological polar surface area (TPSA) is 43.4 Å². The standard InChI is InChI=1S/C19H17BrO3/c20-17-8-4-13(5-9-17)10-19(22)23-12-18(21)16-7-6-14-2-1-3-15(14)11-16/h4-9,11H,1-3,10,12H2. The van der Waals surface area contributed by atoms with Gasteiger partial charge >= 0.3 is 5.97 Å². The van der Waals surface area contributed by atoms with Gasteiger partial charge in [-0.2, -0.15) is 0 Å². The third kappa shape index (κ3) is 4.08. The van der Waals surface area contributed by atoms with Gasteiger partial charge in [0.15, 0.2) is 12.4 Å². The molecule has 0 aliphatic heterocycles. The van der Waals surface area contributed by atoms with E-state index in [2.05, 4.69) is 15.9 Å². The summed E-state index contributed by atoms with van der Waals surface area (Å²) in [7, 11) is 0. The second-order valence-corrected chi connectivity index (χ2v) is 6.64. The zero-order valence-electron chi connectivity index (χ0n) is 12.7. The molecule has 0 saturated carbocycles. The summed E-state index contributed by atoms with van der Waals surface area (Å²) in [6, 6.07) is 13.2. The van der Waals surface area contributed by atoms with Crippen LogP contribution in [0.4, 0.5) is 0 Å². The lowest BCUT2D eigenvalue weighted by Crippen LogP contribution is -2.15. The molecule has 118 valence electrons. The van der Waals surface area contributed by atoms with Gasteiger partial charge in [0.05, 0.1) is 6.42 Å². The van der Waals surface area contributed by atoms with Gasteiger partial charge < -0.3 is 4.74 Å². The maximum absolute atomic E-state index is 12.2. The van der Waals surface area contributed by atoms with Crippen molar-refractivity contribution in [2.45, 2.75) is 25.7 Å². The molecule has 0 saturated heterocycles. The van der Waals surface area contributed by atoms with Crippen LogP contribution in [-0.4, -0.2) is 18.4 Å². The number of carbonyl (C=O) groups excluding carboxylic acids is 2. The van der Waals surface area contributed by atoms with E-state index < -0.39 is 0 Å². The van der Waals surface area contributed by atoms with E-state index in [4.69, 9.17) is 4.74 Å². The molecule has 3 rings (SSSR count). The number of hydrogen-bond donors (Lipinski definition) is 0. The highest BCUT2D eigenvalue weighted by Crippen LogP contribution is 2.23. The molecule has 2 aromatic rings. The van der Waals surface area contributed by atoms with E-state index in [0.717, 1.165) is 29.3 Å². The zero-order chi connectivity index (χ0) is 16.2. The van der Waals surface area contributed by atoms with Gasteiger partial charge in [-0.05, 0) is 54.2 Å². The van der Waals surface area contributed by atoms with Crippen LogP contribution in [0, 0.1) is 0 Å². The molecule has 0 bridgehead atoms. The van der Waals surface area contributed by atoms with Crippen molar-refractivity contribution in [3.63, 3.8) is 0 Å². The number of hydrogen-bond acceptors (Lipinski definition) is 3. The maximum atomic E-state index is 12.2. The molecule has 3 nitrogen and oxygen atoms in total. The monoisotopic (exact) mass is 372 g/mol. The van der Waals surface area contributed by atoms with Crippen LogP contribution >= 0.6 is 15.9 Å². The van der Waals surface area contributed by atoms with Gasteiger partial charge in [-0.25, -0.2) is 0 Å². The van der Waals surface area contributed by atoms with E-state index in [1.807, 2.05) is 42.5 Å². The van der Waals surface area contributed by atoms with Crippen molar-refractivity contribution in [2.24, 2.45) is 0 Å². The van der Waals surface area contributed by atoms with Gasteiger partial charge in [0.1, 0.15) is 0 Å². The quantitative estimate of drug-likeness (QED) is 0.590. The molecule has 0 N–H and O–H groups in total.